The lowest BCUT2D eigenvalue weighted by atomic mass is 10.2. The number of nitrogens with zero attached hydrogens (tertiary/aromatic N) is 2. The summed E-state index contributed by atoms with van der Waals surface area (Å²) in [6, 6.07) is 9.62. The van der Waals surface area contributed by atoms with Crippen LogP contribution in [0.3, 0.4) is 0 Å². The number of aryl methyl sites for hydroxylation is 1. The maximum atomic E-state index is 13.0. The molecule has 3 aromatic rings. The third kappa shape index (κ3) is 4.68. The van der Waals surface area contributed by atoms with E-state index in [-0.39, 0.29) is 5.91 Å². The van der Waals surface area contributed by atoms with E-state index in [1.807, 2.05) is 11.0 Å². The first kappa shape index (κ1) is 20.7. The number of benzene rings is 1. The molecule has 1 aromatic carbocycles. The minimum Gasteiger partial charge on any atom is -0.464 e. The normalized spacial score (nSPS) is 20.1. The van der Waals surface area contributed by atoms with Crippen LogP contribution in [-0.4, -0.2) is 21.8 Å². The first-order valence-corrected chi connectivity index (χ1v) is 11.5. The van der Waals surface area contributed by atoms with Crippen LogP contribution in [0.1, 0.15) is 55.9 Å². The molecular formula is C24H24Cl2N2O3. The number of oxazole rings is 1. The number of aromatic nitrogens is 1. The first-order valence-electron chi connectivity index (χ1n) is 10.8. The van der Waals surface area contributed by atoms with Gasteiger partial charge in [-0.15, -0.1) is 0 Å². The summed E-state index contributed by atoms with van der Waals surface area (Å²) in [5, 5.41) is 1.07. The predicted molar refractivity (Wildman–Crippen MR) is 119 cm³/mol. The molecule has 2 aliphatic rings. The van der Waals surface area contributed by atoms with Crippen molar-refractivity contribution < 1.29 is 13.6 Å². The minimum absolute atomic E-state index is 0.101. The fourth-order valence-corrected chi connectivity index (χ4v) is 4.47. The lowest BCUT2D eigenvalue weighted by Crippen LogP contribution is -2.32. The topological polar surface area (TPSA) is 59.5 Å². The molecule has 2 saturated carbocycles. The van der Waals surface area contributed by atoms with E-state index in [4.69, 9.17) is 32.0 Å². The molecule has 7 heteroatoms. The van der Waals surface area contributed by atoms with E-state index >= 15 is 0 Å². The maximum absolute atomic E-state index is 13.0. The van der Waals surface area contributed by atoms with Gasteiger partial charge in [0.05, 0.1) is 17.8 Å². The molecule has 162 valence electrons. The Morgan fingerprint density at radius 1 is 1.19 bits per heavy atom. The van der Waals surface area contributed by atoms with Gasteiger partial charge in [0, 0.05) is 35.4 Å². The third-order valence-electron chi connectivity index (χ3n) is 6.09. The summed E-state index contributed by atoms with van der Waals surface area (Å²) in [6.07, 6.45) is 5.72. The number of furan rings is 1. The number of rotatable bonds is 8. The van der Waals surface area contributed by atoms with Gasteiger partial charge in [0.15, 0.2) is 11.7 Å². The molecule has 0 saturated heterocycles. The van der Waals surface area contributed by atoms with Crippen LogP contribution in [0.5, 0.6) is 0 Å². The van der Waals surface area contributed by atoms with Gasteiger partial charge in [0.1, 0.15) is 11.5 Å². The Hall–Kier alpha value is -2.24. The second-order valence-corrected chi connectivity index (χ2v) is 9.46. The van der Waals surface area contributed by atoms with Crippen molar-refractivity contribution in [3.63, 3.8) is 0 Å². The highest BCUT2D eigenvalue weighted by Crippen LogP contribution is 2.47. The van der Waals surface area contributed by atoms with Crippen molar-refractivity contribution in [2.45, 2.75) is 57.5 Å². The number of hydrogen-bond acceptors (Lipinski definition) is 4. The van der Waals surface area contributed by atoms with Gasteiger partial charge in [-0.25, -0.2) is 4.98 Å². The first-order chi connectivity index (χ1) is 15.0. The molecule has 1 amide bonds. The van der Waals surface area contributed by atoms with E-state index in [0.717, 1.165) is 29.9 Å². The van der Waals surface area contributed by atoms with Crippen molar-refractivity contribution in [1.29, 1.82) is 0 Å². The Bertz CT molecular complexity index is 1100. The SMILES string of the molecule is CC1CC1c1ccc(CN(C(=O)CCc2ncc(-c3ccc(Cl)cc3Cl)o2)C2CC2)o1. The average molecular weight is 459 g/mol. The van der Waals surface area contributed by atoms with Gasteiger partial charge < -0.3 is 13.7 Å². The predicted octanol–water partition coefficient (Wildman–Crippen LogP) is 6.49. The molecule has 31 heavy (non-hydrogen) atoms. The molecule has 5 rings (SSSR count). The van der Waals surface area contributed by atoms with Gasteiger partial charge in [-0.2, -0.15) is 0 Å². The van der Waals surface area contributed by atoms with E-state index in [1.165, 1.54) is 6.42 Å². The van der Waals surface area contributed by atoms with Crippen LogP contribution in [0.25, 0.3) is 11.3 Å². The van der Waals surface area contributed by atoms with Gasteiger partial charge >= 0.3 is 0 Å². The molecule has 2 atom stereocenters. The molecule has 2 fully saturated rings. The van der Waals surface area contributed by atoms with Crippen LogP contribution < -0.4 is 0 Å². The summed E-state index contributed by atoms with van der Waals surface area (Å²) >= 11 is 12.2. The number of carbonyl (C=O) groups excluding carboxylic acids is 1. The number of halogens is 2. The fraction of sp³-hybridized carbons (Fsp3) is 0.417. The highest BCUT2D eigenvalue weighted by atomic mass is 35.5. The largest absolute Gasteiger partial charge is 0.464 e. The number of hydrogen-bond donors (Lipinski definition) is 0. The zero-order valence-corrected chi connectivity index (χ0v) is 18.8. The minimum atomic E-state index is 0.101. The van der Waals surface area contributed by atoms with E-state index in [9.17, 15) is 4.79 Å². The zero-order chi connectivity index (χ0) is 21.5. The number of carbonyl (C=O) groups is 1. The van der Waals surface area contributed by atoms with Crippen molar-refractivity contribution in [2.24, 2.45) is 5.92 Å². The van der Waals surface area contributed by atoms with Crippen molar-refractivity contribution in [1.82, 2.24) is 9.88 Å². The second kappa shape index (κ2) is 8.36. The van der Waals surface area contributed by atoms with E-state index in [2.05, 4.69) is 18.0 Å². The summed E-state index contributed by atoms with van der Waals surface area (Å²) in [5.41, 5.74) is 0.731. The third-order valence-corrected chi connectivity index (χ3v) is 6.64. The van der Waals surface area contributed by atoms with Gasteiger partial charge in [-0.05, 0) is 55.5 Å². The zero-order valence-electron chi connectivity index (χ0n) is 17.3. The smallest absolute Gasteiger partial charge is 0.223 e. The summed E-state index contributed by atoms with van der Waals surface area (Å²) in [7, 11) is 0. The highest BCUT2D eigenvalue weighted by Gasteiger charge is 2.37. The maximum Gasteiger partial charge on any atom is 0.223 e. The van der Waals surface area contributed by atoms with Crippen molar-refractivity contribution in [3.8, 4) is 11.3 Å². The fourth-order valence-electron chi connectivity index (χ4n) is 3.97. The Morgan fingerprint density at radius 3 is 2.71 bits per heavy atom. The summed E-state index contributed by atoms with van der Waals surface area (Å²) in [4.78, 5) is 19.2. The average Bonchev–Trinajstić information content (AvgIpc) is 3.61. The van der Waals surface area contributed by atoms with Gasteiger partial charge in [-0.1, -0.05) is 30.1 Å². The van der Waals surface area contributed by atoms with Crippen LogP contribution in [0.4, 0.5) is 0 Å². The van der Waals surface area contributed by atoms with E-state index < -0.39 is 0 Å². The van der Waals surface area contributed by atoms with Gasteiger partial charge in [-0.3, -0.25) is 4.79 Å². The standard InChI is InChI=1S/C24H24Cl2N2O3/c1-14-10-19(14)21-7-5-17(30-21)13-28(16-3-4-16)24(29)9-8-23-27-12-22(31-23)18-6-2-15(25)11-20(18)26/h2,5-7,11-12,14,16,19H,3-4,8-10,13H2,1H3. The molecule has 0 spiro atoms. The van der Waals surface area contributed by atoms with E-state index in [0.29, 0.717) is 59.0 Å². The Kier molecular flexibility index (Phi) is 5.57. The van der Waals surface area contributed by atoms with E-state index in [1.54, 1.807) is 24.4 Å². The molecule has 2 unspecified atom stereocenters. The quantitative estimate of drug-likeness (QED) is 0.386. The molecule has 0 aliphatic heterocycles. The molecule has 2 heterocycles. The second-order valence-electron chi connectivity index (χ2n) is 8.62. The van der Waals surface area contributed by atoms with Crippen molar-refractivity contribution in [2.75, 3.05) is 0 Å². The summed E-state index contributed by atoms with van der Waals surface area (Å²) in [5.74, 6) is 4.36. The lowest BCUT2D eigenvalue weighted by molar-refractivity contribution is -0.132. The van der Waals surface area contributed by atoms with Gasteiger partial charge in [0.2, 0.25) is 5.91 Å². The Morgan fingerprint density at radius 2 is 2.00 bits per heavy atom. The van der Waals surface area contributed by atoms with Crippen LogP contribution in [0, 0.1) is 5.92 Å². The molecular weight excluding hydrogens is 435 g/mol. The Labute approximate surface area is 191 Å². The van der Waals surface area contributed by atoms with Gasteiger partial charge in [0.25, 0.3) is 0 Å². The molecule has 0 bridgehead atoms. The highest BCUT2D eigenvalue weighted by molar-refractivity contribution is 6.36. The van der Waals surface area contributed by atoms with Crippen molar-refractivity contribution in [3.05, 3.63) is 64.0 Å². The number of amides is 1. The molecule has 0 N–H and O–H groups in total. The summed E-state index contributed by atoms with van der Waals surface area (Å²) < 4.78 is 11.9. The van der Waals surface area contributed by atoms with Crippen LogP contribution in [0.15, 0.2) is 45.4 Å². The lowest BCUT2D eigenvalue weighted by Gasteiger charge is -2.21. The monoisotopic (exact) mass is 458 g/mol. The Balaban J connectivity index is 1.21. The molecule has 0 radical (unpaired) electrons. The van der Waals surface area contributed by atoms with Crippen LogP contribution in [0.2, 0.25) is 10.0 Å². The van der Waals surface area contributed by atoms with Crippen molar-refractivity contribution >= 4 is 29.1 Å². The van der Waals surface area contributed by atoms with Crippen LogP contribution >= 0.6 is 23.2 Å². The molecule has 2 aromatic heterocycles. The molecule has 5 nitrogen and oxygen atoms in total. The molecule has 2 aliphatic carbocycles. The summed E-state index contributed by atoms with van der Waals surface area (Å²) in [6.45, 7) is 2.77. The van der Waals surface area contributed by atoms with Crippen LogP contribution in [-0.2, 0) is 17.8 Å².